The van der Waals surface area contributed by atoms with Crippen LogP contribution < -0.4 is 10.1 Å². The van der Waals surface area contributed by atoms with Gasteiger partial charge < -0.3 is 4.74 Å². The molecular formula is C18H13N3O2S2. The van der Waals surface area contributed by atoms with E-state index in [1.54, 1.807) is 36.6 Å². The molecule has 0 aliphatic carbocycles. The van der Waals surface area contributed by atoms with Crippen LogP contribution in [0.25, 0.3) is 20.9 Å². The molecule has 124 valence electrons. The van der Waals surface area contributed by atoms with Crippen molar-refractivity contribution in [3.8, 4) is 16.5 Å². The molecule has 2 aromatic carbocycles. The largest absolute Gasteiger partial charge is 0.496 e. The Balaban J connectivity index is 1.58. The van der Waals surface area contributed by atoms with Crippen molar-refractivity contribution in [2.45, 2.75) is 0 Å². The first-order valence-corrected chi connectivity index (χ1v) is 9.20. The van der Waals surface area contributed by atoms with Crippen molar-refractivity contribution < 1.29 is 9.53 Å². The lowest BCUT2D eigenvalue weighted by Crippen LogP contribution is -2.12. The topological polar surface area (TPSA) is 64.1 Å². The van der Waals surface area contributed by atoms with Crippen molar-refractivity contribution in [2.24, 2.45) is 0 Å². The SMILES string of the molecule is COc1ccccc1C(=O)Nc1nc(-c2nc3ccccc3s2)cs1. The number of amides is 1. The molecular weight excluding hydrogens is 354 g/mol. The smallest absolute Gasteiger partial charge is 0.261 e. The number of aromatic nitrogens is 2. The molecule has 0 aliphatic rings. The molecule has 0 bridgehead atoms. The second-order valence-corrected chi connectivity index (χ2v) is 7.07. The lowest BCUT2D eigenvalue weighted by atomic mass is 10.2. The van der Waals surface area contributed by atoms with Gasteiger partial charge in [0.1, 0.15) is 16.5 Å². The lowest BCUT2D eigenvalue weighted by molar-refractivity contribution is 0.102. The summed E-state index contributed by atoms with van der Waals surface area (Å²) in [6, 6.07) is 15.1. The molecule has 0 atom stereocenters. The Morgan fingerprint density at radius 2 is 1.88 bits per heavy atom. The van der Waals surface area contributed by atoms with E-state index >= 15 is 0 Å². The first-order chi connectivity index (χ1) is 12.2. The van der Waals surface area contributed by atoms with E-state index in [-0.39, 0.29) is 5.91 Å². The second-order valence-electron chi connectivity index (χ2n) is 5.18. The van der Waals surface area contributed by atoms with Crippen LogP contribution in [0.5, 0.6) is 5.75 Å². The third kappa shape index (κ3) is 3.11. The number of carbonyl (C=O) groups is 1. The maximum absolute atomic E-state index is 12.4. The number of carbonyl (C=O) groups excluding carboxylic acids is 1. The predicted molar refractivity (Wildman–Crippen MR) is 102 cm³/mol. The molecule has 5 nitrogen and oxygen atoms in total. The summed E-state index contributed by atoms with van der Waals surface area (Å²) in [6.45, 7) is 0. The maximum atomic E-state index is 12.4. The van der Waals surface area contributed by atoms with Crippen LogP contribution in [0.15, 0.2) is 53.9 Å². The Morgan fingerprint density at radius 1 is 1.08 bits per heavy atom. The van der Waals surface area contributed by atoms with Crippen molar-refractivity contribution in [3.05, 3.63) is 59.5 Å². The molecule has 0 unspecified atom stereocenters. The van der Waals surface area contributed by atoms with Gasteiger partial charge in [0.2, 0.25) is 0 Å². The highest BCUT2D eigenvalue weighted by molar-refractivity contribution is 7.22. The number of rotatable bonds is 4. The highest BCUT2D eigenvalue weighted by atomic mass is 32.1. The summed E-state index contributed by atoms with van der Waals surface area (Å²) in [6.07, 6.45) is 0. The number of ether oxygens (including phenoxy) is 1. The number of hydrogen-bond donors (Lipinski definition) is 1. The second kappa shape index (κ2) is 6.62. The third-order valence-corrected chi connectivity index (χ3v) is 5.41. The molecule has 0 saturated carbocycles. The van der Waals surface area contributed by atoms with Crippen molar-refractivity contribution in [1.82, 2.24) is 9.97 Å². The summed E-state index contributed by atoms with van der Waals surface area (Å²) in [5, 5.41) is 6.10. The maximum Gasteiger partial charge on any atom is 0.261 e. The monoisotopic (exact) mass is 367 g/mol. The fourth-order valence-electron chi connectivity index (χ4n) is 2.41. The molecule has 1 N–H and O–H groups in total. The Hall–Kier alpha value is -2.77. The minimum absolute atomic E-state index is 0.248. The van der Waals surface area contributed by atoms with E-state index in [1.165, 1.54) is 11.3 Å². The van der Waals surface area contributed by atoms with Crippen molar-refractivity contribution in [2.75, 3.05) is 12.4 Å². The molecule has 0 radical (unpaired) electrons. The normalized spacial score (nSPS) is 10.8. The molecule has 2 heterocycles. The van der Waals surface area contributed by atoms with E-state index in [4.69, 9.17) is 4.74 Å². The number of anilines is 1. The van der Waals surface area contributed by atoms with Crippen molar-refractivity contribution in [1.29, 1.82) is 0 Å². The first-order valence-electron chi connectivity index (χ1n) is 7.50. The molecule has 0 saturated heterocycles. The van der Waals surface area contributed by atoms with Crippen LogP contribution in [0.4, 0.5) is 5.13 Å². The van der Waals surface area contributed by atoms with Gasteiger partial charge in [-0.15, -0.1) is 22.7 Å². The van der Waals surface area contributed by atoms with Crippen molar-refractivity contribution in [3.63, 3.8) is 0 Å². The summed E-state index contributed by atoms with van der Waals surface area (Å²) in [7, 11) is 1.54. The standard InChI is InChI=1S/C18H13N3O2S2/c1-23-14-8-4-2-6-11(14)16(22)21-18-20-13(10-24-18)17-19-12-7-3-5-9-15(12)25-17/h2-10H,1H3,(H,20,21,22). The molecule has 2 aromatic heterocycles. The fraction of sp³-hybridized carbons (Fsp3) is 0.0556. The zero-order valence-electron chi connectivity index (χ0n) is 13.2. The number of nitrogens with zero attached hydrogens (tertiary/aromatic N) is 2. The van der Waals surface area contributed by atoms with E-state index in [0.29, 0.717) is 16.4 Å². The fourth-order valence-corrected chi connectivity index (χ4v) is 4.10. The number of hydrogen-bond acceptors (Lipinski definition) is 6. The molecule has 7 heteroatoms. The highest BCUT2D eigenvalue weighted by Gasteiger charge is 2.15. The molecule has 1 amide bonds. The highest BCUT2D eigenvalue weighted by Crippen LogP contribution is 2.32. The van der Waals surface area contributed by atoms with E-state index in [0.717, 1.165) is 20.9 Å². The van der Waals surface area contributed by atoms with Gasteiger partial charge in [-0.05, 0) is 24.3 Å². The molecule has 4 aromatic rings. The van der Waals surface area contributed by atoms with E-state index < -0.39 is 0 Å². The van der Waals surface area contributed by atoms with E-state index in [9.17, 15) is 4.79 Å². The predicted octanol–water partition coefficient (Wildman–Crippen LogP) is 4.68. The Labute approximate surface area is 152 Å². The Kier molecular flexibility index (Phi) is 4.17. The molecule has 0 spiro atoms. The van der Waals surface area contributed by atoms with Crippen LogP contribution in [-0.4, -0.2) is 23.0 Å². The molecule has 0 aliphatic heterocycles. The van der Waals surface area contributed by atoms with Gasteiger partial charge in [0.15, 0.2) is 5.13 Å². The summed E-state index contributed by atoms with van der Waals surface area (Å²) in [5.74, 6) is 0.283. The lowest BCUT2D eigenvalue weighted by Gasteiger charge is -2.06. The first kappa shape index (κ1) is 15.7. The van der Waals surface area contributed by atoms with E-state index in [2.05, 4.69) is 15.3 Å². The van der Waals surface area contributed by atoms with Crippen LogP contribution in [0, 0.1) is 0 Å². The Morgan fingerprint density at radius 3 is 2.72 bits per heavy atom. The van der Waals surface area contributed by atoms with Crippen LogP contribution >= 0.6 is 22.7 Å². The number of fused-ring (bicyclic) bond motifs is 1. The zero-order chi connectivity index (χ0) is 17.2. The average molecular weight is 367 g/mol. The van der Waals surface area contributed by atoms with Gasteiger partial charge in [0.05, 0.1) is 22.9 Å². The minimum Gasteiger partial charge on any atom is -0.496 e. The number of para-hydroxylation sites is 2. The summed E-state index contributed by atoms with van der Waals surface area (Å²) in [4.78, 5) is 21.5. The number of thiazole rings is 2. The number of benzene rings is 2. The summed E-state index contributed by atoms with van der Waals surface area (Å²) < 4.78 is 6.34. The minimum atomic E-state index is -0.248. The summed E-state index contributed by atoms with van der Waals surface area (Å²) >= 11 is 2.96. The van der Waals surface area contributed by atoms with Crippen LogP contribution in [0.2, 0.25) is 0 Å². The van der Waals surface area contributed by atoms with Gasteiger partial charge in [-0.1, -0.05) is 24.3 Å². The van der Waals surface area contributed by atoms with Gasteiger partial charge >= 0.3 is 0 Å². The van der Waals surface area contributed by atoms with Gasteiger partial charge in [-0.25, -0.2) is 9.97 Å². The van der Waals surface area contributed by atoms with Crippen LogP contribution in [-0.2, 0) is 0 Å². The van der Waals surface area contributed by atoms with Crippen LogP contribution in [0.3, 0.4) is 0 Å². The summed E-state index contributed by atoms with van der Waals surface area (Å²) in [5.41, 5.74) is 2.19. The third-order valence-electron chi connectivity index (χ3n) is 3.59. The number of methoxy groups -OCH3 is 1. The number of nitrogens with one attached hydrogen (secondary N) is 1. The van der Waals surface area contributed by atoms with E-state index in [1.807, 2.05) is 35.7 Å². The van der Waals surface area contributed by atoms with Crippen molar-refractivity contribution >= 4 is 43.9 Å². The quantitative estimate of drug-likeness (QED) is 0.569. The average Bonchev–Trinajstić information content (AvgIpc) is 3.28. The van der Waals surface area contributed by atoms with Gasteiger partial charge in [-0.2, -0.15) is 0 Å². The molecule has 0 fully saturated rings. The molecule has 25 heavy (non-hydrogen) atoms. The zero-order valence-corrected chi connectivity index (χ0v) is 14.9. The Bertz CT molecular complexity index is 1020. The van der Waals surface area contributed by atoms with Gasteiger partial charge in [-0.3, -0.25) is 10.1 Å². The van der Waals surface area contributed by atoms with Crippen LogP contribution in [0.1, 0.15) is 10.4 Å². The van der Waals surface area contributed by atoms with Gasteiger partial charge in [0, 0.05) is 5.38 Å². The van der Waals surface area contributed by atoms with Gasteiger partial charge in [0.25, 0.3) is 5.91 Å². The molecule has 4 rings (SSSR count).